The molecule has 1 amide bonds. The van der Waals surface area contributed by atoms with E-state index in [1.165, 1.54) is 32.1 Å². The van der Waals surface area contributed by atoms with Crippen LogP contribution in [-0.2, 0) is 4.79 Å². The van der Waals surface area contributed by atoms with E-state index in [4.69, 9.17) is 4.74 Å². The SMILES string of the molecule is CC[C@H](Oc1cccc2ccccc12)C(=O)NC1CCCCCCC1. The van der Waals surface area contributed by atoms with Crippen LogP contribution in [0, 0.1) is 0 Å². The highest BCUT2D eigenvalue weighted by molar-refractivity contribution is 5.89. The smallest absolute Gasteiger partial charge is 0.261 e. The highest BCUT2D eigenvalue weighted by Gasteiger charge is 2.22. The second-order valence-electron chi connectivity index (χ2n) is 7.04. The number of fused-ring (bicyclic) bond motifs is 1. The normalized spacial score (nSPS) is 17.5. The summed E-state index contributed by atoms with van der Waals surface area (Å²) in [5, 5.41) is 5.43. The van der Waals surface area contributed by atoms with Crippen molar-refractivity contribution in [3.63, 3.8) is 0 Å². The number of hydrogen-bond acceptors (Lipinski definition) is 2. The topological polar surface area (TPSA) is 38.3 Å². The molecule has 25 heavy (non-hydrogen) atoms. The van der Waals surface area contributed by atoms with E-state index in [9.17, 15) is 4.79 Å². The molecular formula is C22H29NO2. The number of amides is 1. The summed E-state index contributed by atoms with van der Waals surface area (Å²) in [4.78, 5) is 12.7. The number of ether oxygens (including phenoxy) is 1. The average molecular weight is 339 g/mol. The molecule has 1 N–H and O–H groups in total. The Hall–Kier alpha value is -2.03. The summed E-state index contributed by atoms with van der Waals surface area (Å²) < 4.78 is 6.12. The molecule has 134 valence electrons. The predicted octanol–water partition coefficient (Wildman–Crippen LogP) is 5.23. The van der Waals surface area contributed by atoms with E-state index in [1.54, 1.807) is 0 Å². The molecule has 0 aromatic heterocycles. The Morgan fingerprint density at radius 1 is 1.04 bits per heavy atom. The van der Waals surface area contributed by atoms with E-state index in [0.717, 1.165) is 29.4 Å². The first-order valence-corrected chi connectivity index (χ1v) is 9.72. The van der Waals surface area contributed by atoms with Crippen molar-refractivity contribution in [3.8, 4) is 5.75 Å². The van der Waals surface area contributed by atoms with Crippen LogP contribution in [0.25, 0.3) is 10.8 Å². The molecule has 0 aliphatic heterocycles. The fourth-order valence-corrected chi connectivity index (χ4v) is 3.67. The summed E-state index contributed by atoms with van der Waals surface area (Å²) in [6.07, 6.45) is 8.76. The van der Waals surface area contributed by atoms with Crippen LogP contribution in [-0.4, -0.2) is 18.1 Å². The summed E-state index contributed by atoms with van der Waals surface area (Å²) in [6.45, 7) is 2.01. The summed E-state index contributed by atoms with van der Waals surface area (Å²) in [6, 6.07) is 14.4. The van der Waals surface area contributed by atoms with Gasteiger partial charge in [-0.1, -0.05) is 75.4 Å². The molecule has 1 atom stereocenters. The predicted molar refractivity (Wildman–Crippen MR) is 103 cm³/mol. The maximum absolute atomic E-state index is 12.7. The minimum Gasteiger partial charge on any atom is -0.480 e. The molecule has 2 aromatic rings. The van der Waals surface area contributed by atoms with Gasteiger partial charge in [0.1, 0.15) is 5.75 Å². The van der Waals surface area contributed by atoms with Gasteiger partial charge in [0.25, 0.3) is 5.91 Å². The van der Waals surface area contributed by atoms with Gasteiger partial charge in [-0.3, -0.25) is 4.79 Å². The number of rotatable bonds is 5. The van der Waals surface area contributed by atoms with Crippen LogP contribution in [0.5, 0.6) is 5.75 Å². The zero-order chi connectivity index (χ0) is 17.5. The number of benzene rings is 2. The zero-order valence-electron chi connectivity index (χ0n) is 15.2. The van der Waals surface area contributed by atoms with Gasteiger partial charge < -0.3 is 10.1 Å². The third kappa shape index (κ3) is 4.75. The van der Waals surface area contributed by atoms with Gasteiger partial charge >= 0.3 is 0 Å². The maximum atomic E-state index is 12.7. The Bertz CT molecular complexity index is 684. The van der Waals surface area contributed by atoms with Crippen molar-refractivity contribution in [1.82, 2.24) is 5.32 Å². The first-order valence-electron chi connectivity index (χ1n) is 9.72. The third-order valence-electron chi connectivity index (χ3n) is 5.13. The monoisotopic (exact) mass is 339 g/mol. The van der Waals surface area contributed by atoms with E-state index in [2.05, 4.69) is 17.4 Å². The second-order valence-corrected chi connectivity index (χ2v) is 7.04. The Balaban J connectivity index is 1.67. The van der Waals surface area contributed by atoms with Gasteiger partial charge in [-0.25, -0.2) is 0 Å². The lowest BCUT2D eigenvalue weighted by atomic mass is 9.96. The lowest BCUT2D eigenvalue weighted by Crippen LogP contribution is -2.43. The van der Waals surface area contributed by atoms with E-state index in [-0.39, 0.29) is 5.91 Å². The third-order valence-corrected chi connectivity index (χ3v) is 5.13. The molecule has 1 aliphatic carbocycles. The lowest BCUT2D eigenvalue weighted by Gasteiger charge is -2.24. The van der Waals surface area contributed by atoms with Gasteiger partial charge in [-0.2, -0.15) is 0 Å². The standard InChI is InChI=1S/C22H29NO2/c1-2-20(22(24)23-18-13-6-4-3-5-7-14-18)25-21-16-10-12-17-11-8-9-15-19(17)21/h8-12,15-16,18,20H,2-7,13-14H2,1H3,(H,23,24)/t20-/m0/s1. The molecule has 0 heterocycles. The van der Waals surface area contributed by atoms with Gasteiger partial charge in [-0.15, -0.1) is 0 Å². The van der Waals surface area contributed by atoms with Gasteiger partial charge in [-0.05, 0) is 30.7 Å². The van der Waals surface area contributed by atoms with E-state index >= 15 is 0 Å². The van der Waals surface area contributed by atoms with Gasteiger partial charge in [0.15, 0.2) is 6.10 Å². The molecule has 3 nitrogen and oxygen atoms in total. The molecular weight excluding hydrogens is 310 g/mol. The molecule has 0 unspecified atom stereocenters. The second kappa shape index (κ2) is 8.89. The molecule has 3 rings (SSSR count). The highest BCUT2D eigenvalue weighted by atomic mass is 16.5. The van der Waals surface area contributed by atoms with Crippen molar-refractivity contribution in [1.29, 1.82) is 0 Å². The van der Waals surface area contributed by atoms with Gasteiger partial charge in [0, 0.05) is 11.4 Å². The molecule has 0 spiro atoms. The van der Waals surface area contributed by atoms with Crippen molar-refractivity contribution in [2.24, 2.45) is 0 Å². The van der Waals surface area contributed by atoms with E-state index in [0.29, 0.717) is 12.5 Å². The van der Waals surface area contributed by atoms with Crippen molar-refractivity contribution in [2.45, 2.75) is 70.4 Å². The number of carbonyl (C=O) groups excluding carboxylic acids is 1. The Morgan fingerprint density at radius 3 is 2.48 bits per heavy atom. The number of carbonyl (C=O) groups is 1. The first kappa shape index (κ1) is 17.8. The van der Waals surface area contributed by atoms with Crippen molar-refractivity contribution in [3.05, 3.63) is 42.5 Å². The largest absolute Gasteiger partial charge is 0.480 e. The number of hydrogen-bond donors (Lipinski definition) is 1. The lowest BCUT2D eigenvalue weighted by molar-refractivity contribution is -0.128. The minimum atomic E-state index is -0.434. The molecule has 1 fully saturated rings. The summed E-state index contributed by atoms with van der Waals surface area (Å²) in [5.41, 5.74) is 0. The molecule has 0 saturated heterocycles. The van der Waals surface area contributed by atoms with Crippen LogP contribution >= 0.6 is 0 Å². The first-order chi connectivity index (χ1) is 12.3. The van der Waals surface area contributed by atoms with Crippen LogP contribution in [0.3, 0.4) is 0 Å². The van der Waals surface area contributed by atoms with Crippen molar-refractivity contribution in [2.75, 3.05) is 0 Å². The van der Waals surface area contributed by atoms with Crippen LogP contribution in [0.15, 0.2) is 42.5 Å². The van der Waals surface area contributed by atoms with Crippen LogP contribution in [0.4, 0.5) is 0 Å². The minimum absolute atomic E-state index is 0.0287. The molecule has 2 aromatic carbocycles. The van der Waals surface area contributed by atoms with Crippen LogP contribution in [0.1, 0.15) is 58.3 Å². The summed E-state index contributed by atoms with van der Waals surface area (Å²) >= 11 is 0. The van der Waals surface area contributed by atoms with Crippen molar-refractivity contribution < 1.29 is 9.53 Å². The molecule has 0 radical (unpaired) electrons. The van der Waals surface area contributed by atoms with Gasteiger partial charge in [0.05, 0.1) is 0 Å². The molecule has 1 aliphatic rings. The van der Waals surface area contributed by atoms with E-state index in [1.807, 2.05) is 37.3 Å². The van der Waals surface area contributed by atoms with E-state index < -0.39 is 6.10 Å². The fourth-order valence-electron chi connectivity index (χ4n) is 3.67. The zero-order valence-corrected chi connectivity index (χ0v) is 15.2. The highest BCUT2D eigenvalue weighted by Crippen LogP contribution is 2.26. The van der Waals surface area contributed by atoms with Crippen molar-refractivity contribution >= 4 is 16.7 Å². The van der Waals surface area contributed by atoms with Crippen LogP contribution in [0.2, 0.25) is 0 Å². The Labute approximate surface area is 150 Å². The number of nitrogens with one attached hydrogen (secondary N) is 1. The maximum Gasteiger partial charge on any atom is 0.261 e. The quantitative estimate of drug-likeness (QED) is 0.810. The van der Waals surface area contributed by atoms with Crippen LogP contribution < -0.4 is 10.1 Å². The molecule has 1 saturated carbocycles. The molecule has 3 heteroatoms. The fraction of sp³-hybridized carbons (Fsp3) is 0.500. The van der Waals surface area contributed by atoms with Gasteiger partial charge in [0.2, 0.25) is 0 Å². The Kier molecular flexibility index (Phi) is 6.32. The molecule has 0 bridgehead atoms. The summed E-state index contributed by atoms with van der Waals surface area (Å²) in [5.74, 6) is 0.818. The average Bonchev–Trinajstić information content (AvgIpc) is 2.61. The Morgan fingerprint density at radius 2 is 1.72 bits per heavy atom. The summed E-state index contributed by atoms with van der Waals surface area (Å²) in [7, 11) is 0.